The lowest BCUT2D eigenvalue weighted by Crippen LogP contribution is -2.54. The number of nitrogens with zero attached hydrogens (tertiary/aromatic N) is 4. The molecule has 1 fully saturated rings. The number of anilines is 1. The first kappa shape index (κ1) is 28.2. The molecule has 5 rings (SSSR count). The number of rotatable bonds is 6. The summed E-state index contributed by atoms with van der Waals surface area (Å²) < 4.78 is 47.4. The zero-order valence-corrected chi connectivity index (χ0v) is 22.9. The van der Waals surface area contributed by atoms with Crippen molar-refractivity contribution in [2.24, 2.45) is 5.73 Å². The van der Waals surface area contributed by atoms with E-state index in [1.807, 2.05) is 31.2 Å². The van der Waals surface area contributed by atoms with E-state index >= 15 is 0 Å². The molecule has 1 saturated heterocycles. The Morgan fingerprint density at radius 3 is 2.62 bits per heavy atom. The second kappa shape index (κ2) is 11.2. The van der Waals surface area contributed by atoms with Gasteiger partial charge < -0.3 is 20.3 Å². The Labute approximate surface area is 236 Å². The van der Waals surface area contributed by atoms with E-state index in [9.17, 15) is 18.0 Å². The second-order valence-corrected chi connectivity index (χ2v) is 10.6. The van der Waals surface area contributed by atoms with Gasteiger partial charge in [-0.25, -0.2) is 4.98 Å². The standard InChI is InChI=1S/C29H31ClF3N5O2/c1-2-40-27-19(5-4-14-35-27)22-9-8-20-23(36-22)17-38(25(39)10-13-34)18-28(20)11-15-37(16-12-28)24-7-3-6-21(30)26(24)29(31,32)33/h3-9,14H,2,10-13,15-18,34H2,1H3. The van der Waals surface area contributed by atoms with Crippen LogP contribution in [0.2, 0.25) is 5.02 Å². The summed E-state index contributed by atoms with van der Waals surface area (Å²) in [5.74, 6) is 0.419. The Morgan fingerprint density at radius 1 is 1.15 bits per heavy atom. The van der Waals surface area contributed by atoms with Gasteiger partial charge in [-0.3, -0.25) is 9.78 Å². The summed E-state index contributed by atoms with van der Waals surface area (Å²) in [5, 5.41) is -0.314. The van der Waals surface area contributed by atoms with Crippen LogP contribution in [0.5, 0.6) is 5.88 Å². The first-order chi connectivity index (χ1) is 19.2. The minimum absolute atomic E-state index is 0.0623. The van der Waals surface area contributed by atoms with Crippen LogP contribution in [0.3, 0.4) is 0 Å². The van der Waals surface area contributed by atoms with Crippen molar-refractivity contribution in [3.8, 4) is 17.1 Å². The van der Waals surface area contributed by atoms with Crippen LogP contribution >= 0.6 is 11.6 Å². The number of hydrogen-bond donors (Lipinski definition) is 1. The molecule has 7 nitrogen and oxygen atoms in total. The molecule has 1 spiro atoms. The largest absolute Gasteiger partial charge is 0.477 e. The molecule has 1 aromatic carbocycles. The van der Waals surface area contributed by atoms with Gasteiger partial charge in [0.05, 0.1) is 46.4 Å². The summed E-state index contributed by atoms with van der Waals surface area (Å²) >= 11 is 6.00. The number of piperidine rings is 1. The molecule has 0 unspecified atom stereocenters. The van der Waals surface area contributed by atoms with Gasteiger partial charge >= 0.3 is 6.18 Å². The zero-order valence-electron chi connectivity index (χ0n) is 22.2. The molecule has 2 aliphatic heterocycles. The van der Waals surface area contributed by atoms with E-state index in [0.29, 0.717) is 57.2 Å². The van der Waals surface area contributed by atoms with E-state index in [2.05, 4.69) is 4.98 Å². The predicted octanol–water partition coefficient (Wildman–Crippen LogP) is 5.44. The van der Waals surface area contributed by atoms with Crippen LogP contribution in [0.1, 0.15) is 43.0 Å². The molecule has 0 aliphatic carbocycles. The van der Waals surface area contributed by atoms with Crippen molar-refractivity contribution in [1.29, 1.82) is 0 Å². The molecular weight excluding hydrogens is 543 g/mol. The number of aromatic nitrogens is 2. The number of amides is 1. The van der Waals surface area contributed by atoms with Crippen molar-refractivity contribution in [1.82, 2.24) is 14.9 Å². The molecule has 0 bridgehead atoms. The number of halogens is 4. The third-order valence-electron chi connectivity index (χ3n) is 7.76. The quantitative estimate of drug-likeness (QED) is 0.422. The van der Waals surface area contributed by atoms with Crippen molar-refractivity contribution < 1.29 is 22.7 Å². The van der Waals surface area contributed by atoms with E-state index in [4.69, 9.17) is 27.1 Å². The summed E-state index contributed by atoms with van der Waals surface area (Å²) in [6, 6.07) is 12.0. The highest BCUT2D eigenvalue weighted by molar-refractivity contribution is 6.31. The molecule has 11 heteroatoms. The Hall–Kier alpha value is -3.37. The van der Waals surface area contributed by atoms with Crippen LogP contribution in [0.4, 0.5) is 18.9 Å². The third kappa shape index (κ3) is 5.34. The molecule has 2 aliphatic rings. The molecule has 212 valence electrons. The molecule has 0 radical (unpaired) electrons. The molecule has 3 aromatic rings. The number of benzene rings is 1. The molecule has 40 heavy (non-hydrogen) atoms. The summed E-state index contributed by atoms with van der Waals surface area (Å²) in [5.41, 5.74) is 7.74. The minimum atomic E-state index is -4.57. The zero-order chi connectivity index (χ0) is 28.5. The lowest BCUT2D eigenvalue weighted by atomic mass is 9.69. The summed E-state index contributed by atoms with van der Waals surface area (Å²) in [7, 11) is 0. The van der Waals surface area contributed by atoms with Crippen LogP contribution < -0.4 is 15.4 Å². The normalized spacial score (nSPS) is 16.6. The summed E-state index contributed by atoms with van der Waals surface area (Å²) in [6.07, 6.45) is -1.60. The maximum atomic E-state index is 13.9. The highest BCUT2D eigenvalue weighted by Gasteiger charge is 2.45. The maximum Gasteiger partial charge on any atom is 0.419 e. The topological polar surface area (TPSA) is 84.6 Å². The van der Waals surface area contributed by atoms with Crippen molar-refractivity contribution in [2.75, 3.05) is 37.7 Å². The van der Waals surface area contributed by atoms with Gasteiger partial charge in [0.1, 0.15) is 0 Å². The number of nitrogens with two attached hydrogens (primary N) is 1. The Morgan fingerprint density at radius 2 is 1.93 bits per heavy atom. The third-order valence-corrected chi connectivity index (χ3v) is 8.07. The molecule has 2 N–H and O–H groups in total. The lowest BCUT2D eigenvalue weighted by molar-refractivity contribution is -0.137. The number of pyridine rings is 2. The molecule has 1 amide bonds. The van der Waals surface area contributed by atoms with E-state index < -0.39 is 17.2 Å². The number of carbonyl (C=O) groups excluding carboxylic acids is 1. The SMILES string of the molecule is CCOc1ncccc1-c1ccc2c(n1)CN(C(=O)CCN)CC21CCN(c2cccc(Cl)c2C(F)(F)F)CC1. The lowest BCUT2D eigenvalue weighted by Gasteiger charge is -2.49. The van der Waals surface area contributed by atoms with Gasteiger partial charge in [-0.05, 0) is 55.7 Å². The maximum absolute atomic E-state index is 13.9. The molecular formula is C29H31ClF3N5O2. The Kier molecular flexibility index (Phi) is 7.92. The van der Waals surface area contributed by atoms with Gasteiger partial charge in [0.25, 0.3) is 0 Å². The Balaban J connectivity index is 1.50. The number of ether oxygens (including phenoxy) is 1. The van der Waals surface area contributed by atoms with Crippen molar-refractivity contribution in [2.45, 2.75) is 44.3 Å². The smallest absolute Gasteiger partial charge is 0.419 e. The highest BCUT2D eigenvalue weighted by atomic mass is 35.5. The van der Waals surface area contributed by atoms with Gasteiger partial charge in [-0.2, -0.15) is 13.2 Å². The fraction of sp³-hybridized carbons (Fsp3) is 0.414. The van der Waals surface area contributed by atoms with Gasteiger partial charge in [-0.1, -0.05) is 23.7 Å². The fourth-order valence-electron chi connectivity index (χ4n) is 5.90. The number of fused-ring (bicyclic) bond motifs is 2. The predicted molar refractivity (Wildman–Crippen MR) is 147 cm³/mol. The van der Waals surface area contributed by atoms with Crippen LogP contribution in [-0.4, -0.2) is 53.6 Å². The summed E-state index contributed by atoms with van der Waals surface area (Å²) in [6.45, 7) is 4.13. The molecule has 4 heterocycles. The summed E-state index contributed by atoms with van der Waals surface area (Å²) in [4.78, 5) is 25.9. The Bertz CT molecular complexity index is 1390. The molecule has 0 atom stereocenters. The van der Waals surface area contributed by atoms with Crippen molar-refractivity contribution in [3.63, 3.8) is 0 Å². The average molecular weight is 574 g/mol. The van der Waals surface area contributed by atoms with E-state index in [-0.39, 0.29) is 29.6 Å². The van der Waals surface area contributed by atoms with E-state index in [0.717, 1.165) is 16.8 Å². The molecule has 2 aromatic heterocycles. The number of carbonyl (C=O) groups is 1. The minimum Gasteiger partial charge on any atom is -0.477 e. The van der Waals surface area contributed by atoms with Crippen molar-refractivity contribution in [3.05, 3.63) is 70.5 Å². The van der Waals surface area contributed by atoms with Crippen LogP contribution in [0.15, 0.2) is 48.7 Å². The number of hydrogen-bond acceptors (Lipinski definition) is 6. The van der Waals surface area contributed by atoms with Crippen LogP contribution in [-0.2, 0) is 22.9 Å². The average Bonchev–Trinajstić information content (AvgIpc) is 2.93. The van der Waals surface area contributed by atoms with Crippen LogP contribution in [0.25, 0.3) is 11.3 Å². The molecule has 0 saturated carbocycles. The van der Waals surface area contributed by atoms with Crippen molar-refractivity contribution >= 4 is 23.2 Å². The monoisotopic (exact) mass is 573 g/mol. The van der Waals surface area contributed by atoms with Crippen LogP contribution in [0, 0.1) is 0 Å². The van der Waals surface area contributed by atoms with Gasteiger partial charge in [0, 0.05) is 44.2 Å². The first-order valence-corrected chi connectivity index (χ1v) is 13.7. The highest BCUT2D eigenvalue weighted by Crippen LogP contribution is 2.46. The second-order valence-electron chi connectivity index (χ2n) is 10.2. The van der Waals surface area contributed by atoms with Gasteiger partial charge in [0.2, 0.25) is 11.8 Å². The van der Waals surface area contributed by atoms with Gasteiger partial charge in [-0.15, -0.1) is 0 Å². The van der Waals surface area contributed by atoms with E-state index in [1.54, 1.807) is 22.1 Å². The number of alkyl halides is 3. The first-order valence-electron chi connectivity index (χ1n) is 13.3. The van der Waals surface area contributed by atoms with E-state index in [1.165, 1.54) is 12.1 Å². The van der Waals surface area contributed by atoms with Gasteiger partial charge in [0.15, 0.2) is 0 Å². The fourth-order valence-corrected chi connectivity index (χ4v) is 6.17.